The first-order valence-electron chi connectivity index (χ1n) is 6.58. The Labute approximate surface area is 108 Å². The Morgan fingerprint density at radius 1 is 1.22 bits per heavy atom. The molecule has 0 radical (unpaired) electrons. The molecule has 1 rings (SSSR count). The minimum Gasteiger partial charge on any atom is -0.481 e. The molecule has 0 aromatic carbocycles. The number of rotatable bonds is 7. The van der Waals surface area contributed by atoms with Gasteiger partial charge in [-0.2, -0.15) is 0 Å². The quantitative estimate of drug-likeness (QED) is 0.679. The SMILES string of the molecule is CC1(CNC(=O)CCCCC(=O)O)CCOCC1. The molecule has 1 aliphatic rings. The largest absolute Gasteiger partial charge is 0.481 e. The molecule has 0 saturated carbocycles. The van der Waals surface area contributed by atoms with E-state index in [1.807, 2.05) is 0 Å². The number of amides is 1. The molecule has 0 aliphatic carbocycles. The lowest BCUT2D eigenvalue weighted by atomic mass is 9.82. The van der Waals surface area contributed by atoms with Gasteiger partial charge in [0, 0.05) is 32.6 Å². The second-order valence-electron chi connectivity index (χ2n) is 5.30. The smallest absolute Gasteiger partial charge is 0.303 e. The Bertz CT molecular complexity index is 285. The number of aliphatic carboxylic acids is 1. The summed E-state index contributed by atoms with van der Waals surface area (Å²) < 4.78 is 5.31. The lowest BCUT2D eigenvalue weighted by Crippen LogP contribution is -2.39. The average molecular weight is 257 g/mol. The molecule has 1 amide bonds. The number of carboxylic acid groups (broad SMARTS) is 1. The molecule has 0 aromatic rings. The van der Waals surface area contributed by atoms with Crippen LogP contribution < -0.4 is 5.32 Å². The highest BCUT2D eigenvalue weighted by Gasteiger charge is 2.27. The summed E-state index contributed by atoms with van der Waals surface area (Å²) in [6.07, 6.45) is 3.71. The van der Waals surface area contributed by atoms with Crippen LogP contribution in [-0.2, 0) is 14.3 Å². The number of ether oxygens (including phenoxy) is 1. The van der Waals surface area contributed by atoms with Gasteiger partial charge < -0.3 is 15.2 Å². The topological polar surface area (TPSA) is 75.6 Å². The fourth-order valence-electron chi connectivity index (χ4n) is 2.00. The Balaban J connectivity index is 2.10. The Morgan fingerprint density at radius 3 is 2.44 bits per heavy atom. The molecule has 5 nitrogen and oxygen atoms in total. The lowest BCUT2D eigenvalue weighted by Gasteiger charge is -2.33. The van der Waals surface area contributed by atoms with Crippen molar-refractivity contribution in [3.05, 3.63) is 0 Å². The molecule has 0 aromatic heterocycles. The Hall–Kier alpha value is -1.10. The molecule has 0 spiro atoms. The molecule has 1 saturated heterocycles. The average Bonchev–Trinajstić information content (AvgIpc) is 2.33. The molecule has 1 fully saturated rings. The summed E-state index contributed by atoms with van der Waals surface area (Å²) in [6.45, 7) is 4.39. The van der Waals surface area contributed by atoms with E-state index in [4.69, 9.17) is 9.84 Å². The van der Waals surface area contributed by atoms with Gasteiger partial charge in [-0.1, -0.05) is 6.92 Å². The number of carboxylic acids is 1. The van der Waals surface area contributed by atoms with E-state index in [-0.39, 0.29) is 17.7 Å². The standard InChI is InChI=1S/C13H23NO4/c1-13(6-8-18-9-7-13)10-14-11(15)4-2-3-5-12(16)17/h2-10H2,1H3,(H,14,15)(H,16,17). The fourth-order valence-corrected chi connectivity index (χ4v) is 2.00. The van der Waals surface area contributed by atoms with Crippen molar-refractivity contribution in [2.45, 2.75) is 45.4 Å². The van der Waals surface area contributed by atoms with E-state index < -0.39 is 5.97 Å². The van der Waals surface area contributed by atoms with E-state index >= 15 is 0 Å². The molecule has 2 N–H and O–H groups in total. The molecule has 5 heteroatoms. The van der Waals surface area contributed by atoms with Crippen LogP contribution in [0.2, 0.25) is 0 Å². The van der Waals surface area contributed by atoms with Gasteiger partial charge in [-0.05, 0) is 31.1 Å². The van der Waals surface area contributed by atoms with Gasteiger partial charge >= 0.3 is 5.97 Å². The van der Waals surface area contributed by atoms with Gasteiger partial charge in [0.15, 0.2) is 0 Å². The van der Waals surface area contributed by atoms with Gasteiger partial charge in [0.25, 0.3) is 0 Å². The minimum atomic E-state index is -0.801. The first-order chi connectivity index (χ1) is 8.52. The highest BCUT2D eigenvalue weighted by atomic mass is 16.5. The maximum absolute atomic E-state index is 11.6. The second kappa shape index (κ2) is 7.36. The Kier molecular flexibility index (Phi) is 6.12. The van der Waals surface area contributed by atoms with Crippen LogP contribution in [0.4, 0.5) is 0 Å². The van der Waals surface area contributed by atoms with Crippen molar-refractivity contribution in [3.8, 4) is 0 Å². The number of nitrogens with one attached hydrogen (secondary N) is 1. The summed E-state index contributed by atoms with van der Waals surface area (Å²) in [5, 5.41) is 11.4. The predicted molar refractivity (Wildman–Crippen MR) is 67.3 cm³/mol. The third-order valence-electron chi connectivity index (χ3n) is 3.46. The Morgan fingerprint density at radius 2 is 1.83 bits per heavy atom. The number of unbranched alkanes of at least 4 members (excludes halogenated alkanes) is 1. The molecular formula is C13H23NO4. The number of carbonyl (C=O) groups excluding carboxylic acids is 1. The summed E-state index contributed by atoms with van der Waals surface area (Å²) >= 11 is 0. The van der Waals surface area contributed by atoms with Crippen LogP contribution in [0.1, 0.15) is 45.4 Å². The number of hydrogen-bond acceptors (Lipinski definition) is 3. The van der Waals surface area contributed by atoms with Gasteiger partial charge in [0.05, 0.1) is 0 Å². The van der Waals surface area contributed by atoms with E-state index in [1.165, 1.54) is 0 Å². The van der Waals surface area contributed by atoms with E-state index in [2.05, 4.69) is 12.2 Å². The van der Waals surface area contributed by atoms with Crippen LogP contribution in [0.5, 0.6) is 0 Å². The number of hydrogen-bond donors (Lipinski definition) is 2. The fraction of sp³-hybridized carbons (Fsp3) is 0.846. The van der Waals surface area contributed by atoms with Crippen LogP contribution >= 0.6 is 0 Å². The molecule has 0 unspecified atom stereocenters. The van der Waals surface area contributed by atoms with Crippen molar-refractivity contribution in [1.29, 1.82) is 0 Å². The summed E-state index contributed by atoms with van der Waals surface area (Å²) in [5.41, 5.74) is 0.148. The van der Waals surface area contributed by atoms with Crippen LogP contribution in [0.3, 0.4) is 0 Å². The summed E-state index contributed by atoms with van der Waals surface area (Å²) in [4.78, 5) is 21.9. The van der Waals surface area contributed by atoms with Gasteiger partial charge in [-0.3, -0.25) is 9.59 Å². The van der Waals surface area contributed by atoms with Gasteiger partial charge in [-0.25, -0.2) is 0 Å². The molecule has 1 heterocycles. The zero-order valence-electron chi connectivity index (χ0n) is 11.0. The molecule has 104 valence electrons. The summed E-state index contributed by atoms with van der Waals surface area (Å²) in [6, 6.07) is 0. The molecule has 1 aliphatic heterocycles. The van der Waals surface area contributed by atoms with E-state index in [9.17, 15) is 9.59 Å². The van der Waals surface area contributed by atoms with Crippen molar-refractivity contribution in [1.82, 2.24) is 5.32 Å². The van der Waals surface area contributed by atoms with E-state index in [0.29, 0.717) is 25.8 Å². The number of carbonyl (C=O) groups is 2. The van der Waals surface area contributed by atoms with Crippen molar-refractivity contribution in [3.63, 3.8) is 0 Å². The van der Waals surface area contributed by atoms with Crippen molar-refractivity contribution < 1.29 is 19.4 Å². The van der Waals surface area contributed by atoms with Gasteiger partial charge in [0.2, 0.25) is 5.91 Å². The van der Waals surface area contributed by atoms with Crippen LogP contribution in [0.15, 0.2) is 0 Å². The first kappa shape index (κ1) is 15.0. The maximum atomic E-state index is 11.6. The highest BCUT2D eigenvalue weighted by molar-refractivity contribution is 5.76. The zero-order chi connectivity index (χ0) is 13.4. The lowest BCUT2D eigenvalue weighted by molar-refractivity contribution is -0.137. The first-order valence-corrected chi connectivity index (χ1v) is 6.58. The van der Waals surface area contributed by atoms with Crippen molar-refractivity contribution in [2.24, 2.45) is 5.41 Å². The van der Waals surface area contributed by atoms with Crippen LogP contribution in [0, 0.1) is 5.41 Å². The monoisotopic (exact) mass is 257 g/mol. The highest BCUT2D eigenvalue weighted by Crippen LogP contribution is 2.28. The van der Waals surface area contributed by atoms with Crippen molar-refractivity contribution in [2.75, 3.05) is 19.8 Å². The third-order valence-corrected chi connectivity index (χ3v) is 3.46. The van der Waals surface area contributed by atoms with Crippen molar-refractivity contribution >= 4 is 11.9 Å². The summed E-state index contributed by atoms with van der Waals surface area (Å²) in [5.74, 6) is -0.779. The maximum Gasteiger partial charge on any atom is 0.303 e. The summed E-state index contributed by atoms with van der Waals surface area (Å²) in [7, 11) is 0. The normalized spacial score (nSPS) is 18.3. The van der Waals surface area contributed by atoms with Crippen LogP contribution in [0.25, 0.3) is 0 Å². The molecule has 0 bridgehead atoms. The van der Waals surface area contributed by atoms with E-state index in [1.54, 1.807) is 0 Å². The van der Waals surface area contributed by atoms with Crippen LogP contribution in [-0.4, -0.2) is 36.7 Å². The van der Waals surface area contributed by atoms with Gasteiger partial charge in [0.1, 0.15) is 0 Å². The van der Waals surface area contributed by atoms with E-state index in [0.717, 1.165) is 26.1 Å². The predicted octanol–water partition coefficient (Wildman–Crippen LogP) is 1.56. The third kappa shape index (κ3) is 6.00. The van der Waals surface area contributed by atoms with Gasteiger partial charge in [-0.15, -0.1) is 0 Å². The molecular weight excluding hydrogens is 234 g/mol. The minimum absolute atomic E-state index is 0.0214. The zero-order valence-corrected chi connectivity index (χ0v) is 11.0. The molecule has 18 heavy (non-hydrogen) atoms. The molecule has 0 atom stereocenters. The second-order valence-corrected chi connectivity index (χ2v) is 5.30.